The van der Waals surface area contributed by atoms with E-state index in [1.165, 1.54) is 5.69 Å². The average molecular weight is 366 g/mol. The molecule has 0 saturated carbocycles. The predicted molar refractivity (Wildman–Crippen MR) is 101 cm³/mol. The normalized spacial score (nSPS) is 15.7. The Morgan fingerprint density at radius 2 is 1.93 bits per heavy atom. The molecule has 8 heteroatoms. The van der Waals surface area contributed by atoms with Gasteiger partial charge in [0.15, 0.2) is 0 Å². The summed E-state index contributed by atoms with van der Waals surface area (Å²) in [7, 11) is 0. The van der Waals surface area contributed by atoms with Crippen LogP contribution in [0.15, 0.2) is 36.5 Å². The van der Waals surface area contributed by atoms with Crippen LogP contribution in [0.2, 0.25) is 0 Å². The third-order valence-electron chi connectivity index (χ3n) is 4.75. The zero-order chi connectivity index (χ0) is 18.8. The SMILES string of the molecule is Cc1ccnc2nc(C(=O)NC(C)c3ccc(N4CCOCC4)cc3)nn12. The van der Waals surface area contributed by atoms with Gasteiger partial charge < -0.3 is 15.0 Å². The van der Waals surface area contributed by atoms with Crippen LogP contribution in [0.3, 0.4) is 0 Å². The Hall–Kier alpha value is -3.00. The number of carbonyl (C=O) groups excluding carboxylic acids is 1. The van der Waals surface area contributed by atoms with Crippen molar-refractivity contribution in [3.63, 3.8) is 0 Å². The van der Waals surface area contributed by atoms with Crippen LogP contribution in [-0.4, -0.2) is 51.8 Å². The van der Waals surface area contributed by atoms with Gasteiger partial charge in [0.2, 0.25) is 5.82 Å². The number of amides is 1. The van der Waals surface area contributed by atoms with Gasteiger partial charge in [0.05, 0.1) is 19.3 Å². The van der Waals surface area contributed by atoms with Crippen molar-refractivity contribution < 1.29 is 9.53 Å². The van der Waals surface area contributed by atoms with E-state index in [4.69, 9.17) is 4.74 Å². The summed E-state index contributed by atoms with van der Waals surface area (Å²) in [4.78, 5) is 23.2. The first-order valence-electron chi connectivity index (χ1n) is 9.04. The van der Waals surface area contributed by atoms with Crippen LogP contribution in [0.1, 0.15) is 34.8 Å². The van der Waals surface area contributed by atoms with Gasteiger partial charge in [-0.1, -0.05) is 12.1 Å². The second-order valence-corrected chi connectivity index (χ2v) is 6.62. The van der Waals surface area contributed by atoms with E-state index in [-0.39, 0.29) is 17.8 Å². The molecule has 1 atom stereocenters. The molecule has 8 nitrogen and oxygen atoms in total. The Morgan fingerprint density at radius 3 is 2.63 bits per heavy atom. The molecule has 1 amide bonds. The Morgan fingerprint density at radius 1 is 1.19 bits per heavy atom. The topological polar surface area (TPSA) is 84.7 Å². The molecule has 2 aromatic heterocycles. The quantitative estimate of drug-likeness (QED) is 0.757. The van der Waals surface area contributed by atoms with Gasteiger partial charge in [-0.05, 0) is 37.6 Å². The number of nitrogens with zero attached hydrogens (tertiary/aromatic N) is 5. The molecule has 0 bridgehead atoms. The van der Waals surface area contributed by atoms with Gasteiger partial charge in [0, 0.05) is 30.7 Å². The highest BCUT2D eigenvalue weighted by molar-refractivity contribution is 5.91. The van der Waals surface area contributed by atoms with Gasteiger partial charge in [0.1, 0.15) is 0 Å². The minimum absolute atomic E-state index is 0.119. The van der Waals surface area contributed by atoms with Crippen LogP contribution in [0.5, 0.6) is 0 Å². The van der Waals surface area contributed by atoms with Crippen LogP contribution in [-0.2, 0) is 4.74 Å². The highest BCUT2D eigenvalue weighted by atomic mass is 16.5. The van der Waals surface area contributed by atoms with Gasteiger partial charge in [-0.3, -0.25) is 4.79 Å². The molecule has 1 saturated heterocycles. The molecule has 3 aromatic rings. The summed E-state index contributed by atoms with van der Waals surface area (Å²) in [5, 5.41) is 7.20. The van der Waals surface area contributed by atoms with E-state index in [2.05, 4.69) is 37.4 Å². The molecule has 27 heavy (non-hydrogen) atoms. The van der Waals surface area contributed by atoms with Gasteiger partial charge in [-0.2, -0.15) is 4.98 Å². The molecule has 1 aromatic carbocycles. The Kier molecular flexibility index (Phi) is 4.72. The summed E-state index contributed by atoms with van der Waals surface area (Å²) < 4.78 is 6.96. The lowest BCUT2D eigenvalue weighted by Crippen LogP contribution is -2.36. The van der Waals surface area contributed by atoms with Crippen LogP contribution in [0, 0.1) is 6.92 Å². The number of aromatic nitrogens is 4. The molecule has 1 aliphatic heterocycles. The van der Waals surface area contributed by atoms with E-state index in [1.807, 2.05) is 32.0 Å². The van der Waals surface area contributed by atoms with Crippen molar-refractivity contribution in [2.45, 2.75) is 19.9 Å². The lowest BCUT2D eigenvalue weighted by Gasteiger charge is -2.29. The highest BCUT2D eigenvalue weighted by Crippen LogP contribution is 2.20. The first-order chi connectivity index (χ1) is 13.1. The van der Waals surface area contributed by atoms with Crippen LogP contribution >= 0.6 is 0 Å². The molecule has 0 aliphatic carbocycles. The van der Waals surface area contributed by atoms with Crippen LogP contribution in [0.25, 0.3) is 5.78 Å². The molecule has 0 spiro atoms. The smallest absolute Gasteiger partial charge is 0.291 e. The Bertz CT molecular complexity index is 946. The number of fused-ring (bicyclic) bond motifs is 1. The highest BCUT2D eigenvalue weighted by Gasteiger charge is 2.18. The molecule has 3 heterocycles. The summed E-state index contributed by atoms with van der Waals surface area (Å²) in [6.07, 6.45) is 1.65. The van der Waals surface area contributed by atoms with Gasteiger partial charge >= 0.3 is 0 Å². The van der Waals surface area contributed by atoms with E-state index in [0.29, 0.717) is 5.78 Å². The Balaban J connectivity index is 1.45. The van der Waals surface area contributed by atoms with Crippen molar-refractivity contribution in [1.82, 2.24) is 24.9 Å². The first-order valence-corrected chi connectivity index (χ1v) is 9.04. The monoisotopic (exact) mass is 366 g/mol. The minimum atomic E-state index is -0.315. The maximum absolute atomic E-state index is 12.5. The van der Waals surface area contributed by atoms with Gasteiger partial charge in [-0.15, -0.1) is 5.10 Å². The average Bonchev–Trinajstić information content (AvgIpc) is 3.15. The number of aryl methyl sites for hydroxylation is 1. The largest absolute Gasteiger partial charge is 0.378 e. The fourth-order valence-electron chi connectivity index (χ4n) is 3.14. The summed E-state index contributed by atoms with van der Waals surface area (Å²) in [6, 6.07) is 9.91. The fraction of sp³-hybridized carbons (Fsp3) is 0.368. The summed E-state index contributed by atoms with van der Waals surface area (Å²) in [5.74, 6) is 0.223. The molecule has 1 unspecified atom stereocenters. The van der Waals surface area contributed by atoms with E-state index < -0.39 is 0 Å². The number of benzene rings is 1. The number of hydrogen-bond acceptors (Lipinski definition) is 6. The van der Waals surface area contributed by atoms with E-state index in [0.717, 1.165) is 37.6 Å². The van der Waals surface area contributed by atoms with E-state index in [1.54, 1.807) is 10.7 Å². The zero-order valence-corrected chi connectivity index (χ0v) is 15.4. The van der Waals surface area contributed by atoms with Crippen molar-refractivity contribution in [2.75, 3.05) is 31.2 Å². The lowest BCUT2D eigenvalue weighted by molar-refractivity contribution is 0.0929. The van der Waals surface area contributed by atoms with Crippen molar-refractivity contribution in [3.05, 3.63) is 53.6 Å². The van der Waals surface area contributed by atoms with Crippen molar-refractivity contribution in [1.29, 1.82) is 0 Å². The third-order valence-corrected chi connectivity index (χ3v) is 4.75. The van der Waals surface area contributed by atoms with Crippen LogP contribution < -0.4 is 10.2 Å². The van der Waals surface area contributed by atoms with E-state index >= 15 is 0 Å². The number of rotatable bonds is 4. The maximum atomic E-state index is 12.5. The van der Waals surface area contributed by atoms with E-state index in [9.17, 15) is 4.79 Å². The molecular formula is C19H22N6O2. The third kappa shape index (κ3) is 3.61. The summed E-state index contributed by atoms with van der Waals surface area (Å²) in [6.45, 7) is 7.16. The standard InChI is InChI=1S/C19H22N6O2/c1-13-7-8-20-19-22-17(23-25(13)19)18(26)21-14(2)15-3-5-16(6-4-15)24-9-11-27-12-10-24/h3-8,14H,9-12H2,1-2H3,(H,21,26). The minimum Gasteiger partial charge on any atom is -0.378 e. The fourth-order valence-corrected chi connectivity index (χ4v) is 3.14. The second-order valence-electron chi connectivity index (χ2n) is 6.62. The zero-order valence-electron chi connectivity index (χ0n) is 15.4. The molecule has 0 radical (unpaired) electrons. The molecular weight excluding hydrogens is 344 g/mol. The van der Waals surface area contributed by atoms with Crippen molar-refractivity contribution in [3.8, 4) is 0 Å². The first kappa shape index (κ1) is 17.4. The van der Waals surface area contributed by atoms with Crippen LogP contribution in [0.4, 0.5) is 5.69 Å². The van der Waals surface area contributed by atoms with Crippen molar-refractivity contribution in [2.24, 2.45) is 0 Å². The number of morpholine rings is 1. The molecule has 1 aliphatic rings. The summed E-state index contributed by atoms with van der Waals surface area (Å²) >= 11 is 0. The number of hydrogen-bond donors (Lipinski definition) is 1. The number of anilines is 1. The maximum Gasteiger partial charge on any atom is 0.291 e. The summed E-state index contributed by atoms with van der Waals surface area (Å²) in [5.41, 5.74) is 3.07. The molecule has 4 rings (SSSR count). The number of nitrogens with one attached hydrogen (secondary N) is 1. The van der Waals surface area contributed by atoms with Gasteiger partial charge in [0.25, 0.3) is 11.7 Å². The second kappa shape index (κ2) is 7.32. The predicted octanol–water partition coefficient (Wildman–Crippen LogP) is 1.76. The number of carbonyl (C=O) groups is 1. The lowest BCUT2D eigenvalue weighted by atomic mass is 10.1. The number of ether oxygens (including phenoxy) is 1. The molecule has 140 valence electrons. The Labute approximate surface area is 157 Å². The molecule has 1 fully saturated rings. The molecule has 1 N–H and O–H groups in total. The van der Waals surface area contributed by atoms with Gasteiger partial charge in [-0.25, -0.2) is 9.50 Å². The van der Waals surface area contributed by atoms with Crippen molar-refractivity contribution >= 4 is 17.4 Å².